The SMILES string of the molecule is Cl.Cl.O=C(Cc1ccc(CC2CCNC2)cc1)Nc1ccc2nc[nH]c2c1. The molecule has 1 aromatic heterocycles. The van der Waals surface area contributed by atoms with Crippen molar-refractivity contribution in [1.29, 1.82) is 0 Å². The van der Waals surface area contributed by atoms with Crippen molar-refractivity contribution in [3.63, 3.8) is 0 Å². The fraction of sp³-hybridized carbons (Fsp3) is 0.300. The van der Waals surface area contributed by atoms with E-state index in [0.29, 0.717) is 6.42 Å². The predicted octanol–water partition coefficient (Wildman–Crippen LogP) is 3.74. The number of amides is 1. The fourth-order valence-corrected chi connectivity index (χ4v) is 3.42. The van der Waals surface area contributed by atoms with Crippen molar-refractivity contribution in [3.05, 3.63) is 59.9 Å². The molecule has 0 bridgehead atoms. The Morgan fingerprint density at radius 1 is 1.11 bits per heavy atom. The lowest BCUT2D eigenvalue weighted by Crippen LogP contribution is -2.14. The van der Waals surface area contributed by atoms with Crippen LogP contribution in [0.4, 0.5) is 5.69 Å². The molecule has 7 heteroatoms. The van der Waals surface area contributed by atoms with Crippen LogP contribution in [-0.2, 0) is 17.6 Å². The van der Waals surface area contributed by atoms with E-state index in [-0.39, 0.29) is 30.7 Å². The predicted molar refractivity (Wildman–Crippen MR) is 114 cm³/mol. The zero-order valence-electron chi connectivity index (χ0n) is 14.9. The number of carbonyl (C=O) groups is 1. The van der Waals surface area contributed by atoms with E-state index in [9.17, 15) is 4.79 Å². The summed E-state index contributed by atoms with van der Waals surface area (Å²) in [6.07, 6.45) is 4.40. The van der Waals surface area contributed by atoms with Crippen molar-refractivity contribution >= 4 is 47.4 Å². The number of hydrogen-bond donors (Lipinski definition) is 3. The van der Waals surface area contributed by atoms with E-state index in [0.717, 1.165) is 47.7 Å². The van der Waals surface area contributed by atoms with Gasteiger partial charge in [-0.25, -0.2) is 4.98 Å². The van der Waals surface area contributed by atoms with Crippen molar-refractivity contribution in [2.24, 2.45) is 5.92 Å². The topological polar surface area (TPSA) is 69.8 Å². The molecule has 3 aromatic rings. The Morgan fingerprint density at radius 2 is 1.89 bits per heavy atom. The summed E-state index contributed by atoms with van der Waals surface area (Å²) in [5.41, 5.74) is 4.98. The quantitative estimate of drug-likeness (QED) is 0.604. The van der Waals surface area contributed by atoms with E-state index >= 15 is 0 Å². The zero-order chi connectivity index (χ0) is 17.1. The van der Waals surface area contributed by atoms with E-state index in [1.54, 1.807) is 6.33 Å². The molecule has 0 radical (unpaired) electrons. The monoisotopic (exact) mass is 406 g/mol. The molecule has 5 nitrogen and oxygen atoms in total. The maximum absolute atomic E-state index is 12.3. The second kappa shape index (κ2) is 9.74. The molecule has 1 fully saturated rings. The molecule has 0 aliphatic carbocycles. The van der Waals surface area contributed by atoms with Crippen LogP contribution in [0.2, 0.25) is 0 Å². The first-order valence-electron chi connectivity index (χ1n) is 8.78. The van der Waals surface area contributed by atoms with Gasteiger partial charge in [0.15, 0.2) is 0 Å². The Hall–Kier alpha value is -2.08. The van der Waals surface area contributed by atoms with Crippen molar-refractivity contribution in [3.8, 4) is 0 Å². The van der Waals surface area contributed by atoms with Gasteiger partial charge in [-0.1, -0.05) is 24.3 Å². The summed E-state index contributed by atoms with van der Waals surface area (Å²) in [6, 6.07) is 14.1. The number of H-pyrrole nitrogens is 1. The number of fused-ring (bicyclic) bond motifs is 1. The number of benzene rings is 2. The lowest BCUT2D eigenvalue weighted by atomic mass is 9.97. The first-order valence-corrected chi connectivity index (χ1v) is 8.78. The summed E-state index contributed by atoms with van der Waals surface area (Å²) in [4.78, 5) is 19.5. The normalized spacial score (nSPS) is 15.8. The third-order valence-electron chi connectivity index (χ3n) is 4.78. The van der Waals surface area contributed by atoms with Crippen molar-refractivity contribution in [1.82, 2.24) is 15.3 Å². The van der Waals surface area contributed by atoms with Crippen molar-refractivity contribution < 1.29 is 4.79 Å². The van der Waals surface area contributed by atoms with Gasteiger partial charge in [-0.15, -0.1) is 24.8 Å². The first-order chi connectivity index (χ1) is 12.3. The molecule has 27 heavy (non-hydrogen) atoms. The minimum absolute atomic E-state index is 0. The lowest BCUT2D eigenvalue weighted by molar-refractivity contribution is -0.115. The van der Waals surface area contributed by atoms with Crippen LogP contribution < -0.4 is 10.6 Å². The van der Waals surface area contributed by atoms with Gasteiger partial charge in [0, 0.05) is 5.69 Å². The maximum atomic E-state index is 12.3. The summed E-state index contributed by atoms with van der Waals surface area (Å²) in [5, 5.41) is 6.35. The molecule has 1 amide bonds. The molecule has 1 atom stereocenters. The average molecular weight is 407 g/mol. The van der Waals surface area contributed by atoms with Gasteiger partial charge in [-0.3, -0.25) is 4.79 Å². The molecule has 1 unspecified atom stereocenters. The molecule has 2 heterocycles. The number of aromatic nitrogens is 2. The van der Waals surface area contributed by atoms with Gasteiger partial charge in [0.2, 0.25) is 5.91 Å². The number of anilines is 1. The Balaban J connectivity index is 0.00000131. The highest BCUT2D eigenvalue weighted by Crippen LogP contribution is 2.17. The van der Waals surface area contributed by atoms with Crippen LogP contribution in [0.3, 0.4) is 0 Å². The van der Waals surface area contributed by atoms with Crippen LogP contribution in [0.5, 0.6) is 0 Å². The number of halogens is 2. The number of nitrogens with one attached hydrogen (secondary N) is 3. The third kappa shape index (κ3) is 5.45. The summed E-state index contributed by atoms with van der Waals surface area (Å²) in [6.45, 7) is 2.25. The maximum Gasteiger partial charge on any atom is 0.228 e. The standard InChI is InChI=1S/C20H22N4O.2ClH/c25-20(24-17-5-6-18-19(11-17)23-13-22-18)10-15-3-1-14(2-4-15)9-16-7-8-21-12-16;;/h1-6,11,13,16,21H,7-10,12H2,(H,22,23)(H,24,25);2*1H. The molecule has 4 rings (SSSR count). The second-order valence-corrected chi connectivity index (χ2v) is 6.74. The second-order valence-electron chi connectivity index (χ2n) is 6.74. The number of aromatic amines is 1. The van der Waals surface area contributed by atoms with Gasteiger partial charge in [0.25, 0.3) is 0 Å². The van der Waals surface area contributed by atoms with E-state index in [4.69, 9.17) is 0 Å². The van der Waals surface area contributed by atoms with E-state index in [1.165, 1.54) is 12.0 Å². The first kappa shape index (κ1) is 21.2. The van der Waals surface area contributed by atoms with Gasteiger partial charge in [0.05, 0.1) is 23.8 Å². The largest absolute Gasteiger partial charge is 0.345 e. The fourth-order valence-electron chi connectivity index (χ4n) is 3.42. The Morgan fingerprint density at radius 3 is 2.63 bits per heavy atom. The van der Waals surface area contributed by atoms with Crippen LogP contribution in [0.1, 0.15) is 17.5 Å². The van der Waals surface area contributed by atoms with E-state index in [2.05, 4.69) is 44.9 Å². The summed E-state index contributed by atoms with van der Waals surface area (Å²) in [5.74, 6) is 0.734. The Labute approximate surface area is 171 Å². The van der Waals surface area contributed by atoms with Crippen LogP contribution in [-0.4, -0.2) is 29.0 Å². The van der Waals surface area contributed by atoms with Gasteiger partial charge in [-0.05, 0) is 61.2 Å². The van der Waals surface area contributed by atoms with Gasteiger partial charge in [0.1, 0.15) is 0 Å². The summed E-state index contributed by atoms with van der Waals surface area (Å²) < 4.78 is 0. The highest BCUT2D eigenvalue weighted by molar-refractivity contribution is 5.94. The molecule has 0 spiro atoms. The van der Waals surface area contributed by atoms with Gasteiger partial charge in [-0.2, -0.15) is 0 Å². The summed E-state index contributed by atoms with van der Waals surface area (Å²) >= 11 is 0. The van der Waals surface area contributed by atoms with E-state index < -0.39 is 0 Å². The number of imidazole rings is 1. The smallest absolute Gasteiger partial charge is 0.228 e. The van der Waals surface area contributed by atoms with E-state index in [1.807, 2.05) is 18.2 Å². The lowest BCUT2D eigenvalue weighted by Gasteiger charge is -2.09. The molecule has 0 saturated carbocycles. The average Bonchev–Trinajstić information content (AvgIpc) is 3.27. The Kier molecular flexibility index (Phi) is 7.66. The number of carbonyl (C=O) groups excluding carboxylic acids is 1. The minimum atomic E-state index is -0.00777. The number of rotatable bonds is 5. The molecule has 1 saturated heterocycles. The molecular formula is C20H24Cl2N4O. The molecule has 2 aromatic carbocycles. The highest BCUT2D eigenvalue weighted by Gasteiger charge is 2.14. The highest BCUT2D eigenvalue weighted by atomic mass is 35.5. The molecule has 1 aliphatic rings. The van der Waals surface area contributed by atoms with Crippen LogP contribution in [0.15, 0.2) is 48.8 Å². The molecular weight excluding hydrogens is 383 g/mol. The molecule has 3 N–H and O–H groups in total. The van der Waals surface area contributed by atoms with Crippen LogP contribution >= 0.6 is 24.8 Å². The van der Waals surface area contributed by atoms with Crippen LogP contribution in [0, 0.1) is 5.92 Å². The van der Waals surface area contributed by atoms with Gasteiger partial charge < -0.3 is 15.6 Å². The number of hydrogen-bond acceptors (Lipinski definition) is 3. The zero-order valence-corrected chi connectivity index (χ0v) is 16.5. The van der Waals surface area contributed by atoms with Crippen molar-refractivity contribution in [2.45, 2.75) is 19.3 Å². The van der Waals surface area contributed by atoms with Crippen LogP contribution in [0.25, 0.3) is 11.0 Å². The minimum Gasteiger partial charge on any atom is -0.345 e. The van der Waals surface area contributed by atoms with Crippen molar-refractivity contribution in [2.75, 3.05) is 18.4 Å². The third-order valence-corrected chi connectivity index (χ3v) is 4.78. The summed E-state index contributed by atoms with van der Waals surface area (Å²) in [7, 11) is 0. The molecule has 144 valence electrons. The molecule has 1 aliphatic heterocycles. The number of nitrogens with zero attached hydrogens (tertiary/aromatic N) is 1. The Bertz CT molecular complexity index is 873. The van der Waals surface area contributed by atoms with Gasteiger partial charge >= 0.3 is 0 Å².